The lowest BCUT2D eigenvalue weighted by Crippen LogP contribution is -2.35. The van der Waals surface area contributed by atoms with Crippen molar-refractivity contribution in [3.63, 3.8) is 0 Å². The third-order valence-corrected chi connectivity index (χ3v) is 8.93. The molecule has 4 N–H and O–H groups in total. The lowest BCUT2D eigenvalue weighted by Gasteiger charge is -2.23. The van der Waals surface area contributed by atoms with Crippen molar-refractivity contribution in [2.45, 2.75) is 68.5 Å². The fourth-order valence-electron chi connectivity index (χ4n) is 6.46. The Morgan fingerprint density at radius 1 is 1.16 bits per heavy atom. The van der Waals surface area contributed by atoms with Crippen LogP contribution in [0.4, 0.5) is 16.4 Å². The summed E-state index contributed by atoms with van der Waals surface area (Å²) in [6, 6.07) is 1.53. The Bertz CT molecular complexity index is 1960. The molecule has 43 heavy (non-hydrogen) atoms. The van der Waals surface area contributed by atoms with Gasteiger partial charge in [-0.05, 0) is 62.5 Å². The number of carbonyl (C=O) groups is 2. The molecular weight excluding hydrogens is 554 g/mol. The van der Waals surface area contributed by atoms with Crippen LogP contribution < -0.4 is 22.1 Å². The first-order chi connectivity index (χ1) is 22.3. The zero-order valence-electron chi connectivity index (χ0n) is 27.6. The number of pyridine rings is 2. The van der Waals surface area contributed by atoms with Crippen molar-refractivity contribution in [2.75, 3.05) is 25.6 Å². The number of alkyl carbamates (subject to hydrolysis) is 1. The molecule has 1 unspecified atom stereocenters. The van der Waals surface area contributed by atoms with Gasteiger partial charge in [0.25, 0.3) is 0 Å². The Kier molecular flexibility index (Phi) is 5.56. The number of rotatable bonds is 7. The molecule has 2 atom stereocenters. The van der Waals surface area contributed by atoms with Gasteiger partial charge in [0.1, 0.15) is 17.2 Å². The molecule has 5 heterocycles. The average molecular weight is 594 g/mol. The fourth-order valence-corrected chi connectivity index (χ4v) is 6.46. The van der Waals surface area contributed by atoms with Crippen molar-refractivity contribution in [1.82, 2.24) is 34.2 Å². The lowest BCUT2D eigenvalue weighted by atomic mass is 9.90. The highest BCUT2D eigenvalue weighted by molar-refractivity contribution is 5.90. The topological polar surface area (TPSA) is 173 Å². The van der Waals surface area contributed by atoms with Crippen LogP contribution in [-0.4, -0.2) is 67.2 Å². The maximum absolute atomic E-state index is 13.7. The van der Waals surface area contributed by atoms with E-state index in [4.69, 9.17) is 20.9 Å². The van der Waals surface area contributed by atoms with Gasteiger partial charge in [-0.2, -0.15) is 5.10 Å². The Morgan fingerprint density at radius 2 is 1.98 bits per heavy atom. The van der Waals surface area contributed by atoms with E-state index in [0.29, 0.717) is 55.3 Å². The van der Waals surface area contributed by atoms with Crippen molar-refractivity contribution in [2.24, 2.45) is 12.7 Å². The molecule has 3 aliphatic rings. The Morgan fingerprint density at radius 3 is 2.70 bits per heavy atom. The number of fused-ring (bicyclic) bond motifs is 2. The smallest absolute Gasteiger partial charge is 0.407 e. The SMILES string of the molecule is [2H]C1(NC(=O)OC)CC[C@@H](n2c(=O)n(C([2H])([2H])[2H])c3cnc(Nc4cc(C5CCOCC5)c5cnn(C6(C(N)=O)CC6)c5n4)cc32)C1. The maximum atomic E-state index is 13.7. The summed E-state index contributed by atoms with van der Waals surface area (Å²) in [4.78, 5) is 47.3. The largest absolute Gasteiger partial charge is 0.453 e. The van der Waals surface area contributed by atoms with E-state index in [1.807, 2.05) is 6.07 Å². The van der Waals surface area contributed by atoms with Crippen LogP contribution >= 0.6 is 0 Å². The van der Waals surface area contributed by atoms with Crippen LogP contribution in [0.25, 0.3) is 22.1 Å². The molecule has 0 bridgehead atoms. The molecule has 1 saturated heterocycles. The summed E-state index contributed by atoms with van der Waals surface area (Å²) >= 11 is 0. The number of primary amides is 1. The fraction of sp³-hybridized carbons (Fsp3) is 0.517. The molecule has 0 radical (unpaired) electrons. The van der Waals surface area contributed by atoms with Crippen molar-refractivity contribution in [1.29, 1.82) is 0 Å². The van der Waals surface area contributed by atoms with Crippen LogP contribution in [0.15, 0.2) is 29.3 Å². The van der Waals surface area contributed by atoms with Crippen molar-refractivity contribution < 1.29 is 24.5 Å². The van der Waals surface area contributed by atoms with Gasteiger partial charge in [0.15, 0.2) is 5.65 Å². The van der Waals surface area contributed by atoms with E-state index in [-0.39, 0.29) is 24.3 Å². The highest BCUT2D eigenvalue weighted by Crippen LogP contribution is 2.45. The van der Waals surface area contributed by atoms with Crippen LogP contribution in [-0.2, 0) is 26.8 Å². The minimum atomic E-state index is -2.79. The minimum Gasteiger partial charge on any atom is -0.453 e. The summed E-state index contributed by atoms with van der Waals surface area (Å²) in [5, 5.41) is 11.1. The number of hydrogen-bond acceptors (Lipinski definition) is 9. The van der Waals surface area contributed by atoms with Gasteiger partial charge in [0.2, 0.25) is 5.91 Å². The van der Waals surface area contributed by atoms with E-state index in [1.165, 1.54) is 17.9 Å². The van der Waals surface area contributed by atoms with E-state index >= 15 is 0 Å². The summed E-state index contributed by atoms with van der Waals surface area (Å²) < 4.78 is 46.9. The highest BCUT2D eigenvalue weighted by Gasteiger charge is 2.52. The van der Waals surface area contributed by atoms with E-state index in [1.54, 1.807) is 16.9 Å². The second kappa shape index (κ2) is 10.4. The molecule has 14 nitrogen and oxygen atoms in total. The van der Waals surface area contributed by atoms with E-state index < -0.39 is 42.3 Å². The van der Waals surface area contributed by atoms with Crippen LogP contribution in [0.3, 0.4) is 0 Å². The molecule has 226 valence electrons. The number of carbonyl (C=O) groups excluding carboxylic acids is 2. The van der Waals surface area contributed by atoms with Gasteiger partial charge in [-0.3, -0.25) is 13.9 Å². The first-order valence-corrected chi connectivity index (χ1v) is 14.4. The molecule has 4 aromatic rings. The molecule has 4 aromatic heterocycles. The number of aromatic nitrogens is 6. The second-order valence-corrected chi connectivity index (χ2v) is 11.5. The molecule has 2 saturated carbocycles. The third kappa shape index (κ3) is 4.60. The molecule has 14 heteroatoms. The monoisotopic (exact) mass is 593 g/mol. The zero-order valence-corrected chi connectivity index (χ0v) is 23.6. The van der Waals surface area contributed by atoms with E-state index in [0.717, 1.165) is 28.4 Å². The highest BCUT2D eigenvalue weighted by atomic mass is 16.5. The Labute approximate surface area is 252 Å². The number of ether oxygens (including phenoxy) is 2. The molecule has 0 aromatic carbocycles. The maximum Gasteiger partial charge on any atom is 0.407 e. The van der Waals surface area contributed by atoms with E-state index in [9.17, 15) is 14.4 Å². The summed E-state index contributed by atoms with van der Waals surface area (Å²) in [6.45, 7) is -1.56. The Balaban J connectivity index is 1.31. The van der Waals surface area contributed by atoms with Gasteiger partial charge in [-0.15, -0.1) is 0 Å². The predicted molar refractivity (Wildman–Crippen MR) is 157 cm³/mol. The van der Waals surface area contributed by atoms with Gasteiger partial charge < -0.3 is 25.8 Å². The third-order valence-electron chi connectivity index (χ3n) is 8.93. The first-order valence-electron chi connectivity index (χ1n) is 16.4. The number of nitrogens with zero attached hydrogens (tertiary/aromatic N) is 6. The quantitative estimate of drug-likeness (QED) is 0.291. The number of anilines is 2. The van der Waals surface area contributed by atoms with Crippen molar-refractivity contribution in [3.05, 3.63) is 40.6 Å². The number of imidazole rings is 1. The zero-order chi connectivity index (χ0) is 33.3. The lowest BCUT2D eigenvalue weighted by molar-refractivity contribution is -0.122. The number of amides is 2. The number of nitrogens with one attached hydrogen (secondary N) is 2. The number of aryl methyl sites for hydroxylation is 1. The van der Waals surface area contributed by atoms with Crippen molar-refractivity contribution in [3.8, 4) is 0 Å². The molecular formula is C29H35N9O5. The molecule has 1 aliphatic heterocycles. The summed E-state index contributed by atoms with van der Waals surface area (Å²) in [6.07, 6.45) is 5.66. The molecule has 2 amide bonds. The van der Waals surface area contributed by atoms with Crippen molar-refractivity contribution >= 4 is 45.7 Å². The standard InChI is InChI=1S/C29H35N9O5/c1-36-22-15-31-23(13-21(22)37(28(36)41)18-4-3-17(11-18)33-27(40)42-2)34-24-12-19(16-5-9-43-10-6-16)20-14-32-38(25(20)35-24)29(7-8-29)26(30)39/h12-18H,3-11H2,1-2H3,(H2,30,39)(H,33,40)(H,31,34,35)/t17?,18-/m1/s1/i1D3,17D. The van der Waals surface area contributed by atoms with Gasteiger partial charge in [0, 0.05) is 47.8 Å². The van der Waals surface area contributed by atoms with Gasteiger partial charge >= 0.3 is 11.8 Å². The van der Waals surface area contributed by atoms with Gasteiger partial charge in [-0.25, -0.2) is 24.2 Å². The first kappa shape index (κ1) is 23.1. The van der Waals surface area contributed by atoms with Gasteiger partial charge in [-0.1, -0.05) is 0 Å². The average Bonchev–Trinajstić information content (AvgIpc) is 3.45. The molecule has 0 spiro atoms. The molecule has 7 rings (SSSR count). The summed E-state index contributed by atoms with van der Waals surface area (Å²) in [5.41, 5.74) is 6.01. The Hall–Kier alpha value is -4.46. The molecule has 2 aliphatic carbocycles. The van der Waals surface area contributed by atoms with Gasteiger partial charge in [0.05, 0.1) is 31.9 Å². The number of hydrogen-bond donors (Lipinski definition) is 3. The van der Waals surface area contributed by atoms with Crippen LogP contribution in [0, 0.1) is 0 Å². The van der Waals surface area contributed by atoms with Crippen LogP contribution in [0.1, 0.15) is 68.0 Å². The van der Waals surface area contributed by atoms with E-state index in [2.05, 4.69) is 25.5 Å². The predicted octanol–water partition coefficient (Wildman–Crippen LogP) is 2.54. The van der Waals surface area contributed by atoms with Crippen LogP contribution in [0.5, 0.6) is 0 Å². The second-order valence-electron chi connectivity index (χ2n) is 11.5. The van der Waals surface area contributed by atoms with Crippen LogP contribution in [0.2, 0.25) is 0 Å². The number of nitrogens with two attached hydrogens (primary N) is 1. The minimum absolute atomic E-state index is 0.0610. The number of methoxy groups -OCH3 is 1. The summed E-state index contributed by atoms with van der Waals surface area (Å²) in [5.74, 6) is 0.412. The normalized spacial score (nSPS) is 25.1. The molecule has 3 fully saturated rings. The summed E-state index contributed by atoms with van der Waals surface area (Å²) in [7, 11) is 1.20.